The van der Waals surface area contributed by atoms with E-state index < -0.39 is 10.0 Å². The molecule has 0 amide bonds. The zero-order chi connectivity index (χ0) is 12.5. The molecule has 0 aromatic heterocycles. The summed E-state index contributed by atoms with van der Waals surface area (Å²) in [5.41, 5.74) is 6.56. The van der Waals surface area contributed by atoms with E-state index in [9.17, 15) is 13.2 Å². The normalized spacial score (nSPS) is 11.8. The van der Waals surface area contributed by atoms with E-state index in [0.29, 0.717) is 17.4 Å². The molecule has 6 heteroatoms. The zero-order valence-corrected chi connectivity index (χ0v) is 10.2. The number of hydrogen-bond donors (Lipinski definition) is 1. The maximum atomic E-state index is 11.9. The third-order valence-corrected chi connectivity index (χ3v) is 4.22. The van der Waals surface area contributed by atoms with Gasteiger partial charge in [0, 0.05) is 25.3 Å². The highest BCUT2D eigenvalue weighted by molar-refractivity contribution is 7.89. The van der Waals surface area contributed by atoms with Crippen LogP contribution in [0, 0.1) is 6.92 Å². The monoisotopic (exact) mass is 242 g/mol. The number of rotatable bonds is 3. The van der Waals surface area contributed by atoms with Crippen LogP contribution >= 0.6 is 0 Å². The van der Waals surface area contributed by atoms with Gasteiger partial charge in [-0.3, -0.25) is 4.79 Å². The first-order valence-electron chi connectivity index (χ1n) is 4.58. The van der Waals surface area contributed by atoms with Gasteiger partial charge >= 0.3 is 0 Å². The van der Waals surface area contributed by atoms with Gasteiger partial charge in [0.05, 0.1) is 4.90 Å². The molecule has 1 aromatic carbocycles. The van der Waals surface area contributed by atoms with Crippen molar-refractivity contribution < 1.29 is 13.2 Å². The van der Waals surface area contributed by atoms with Crippen LogP contribution < -0.4 is 5.73 Å². The minimum absolute atomic E-state index is 0.126. The van der Waals surface area contributed by atoms with Crippen LogP contribution in [-0.4, -0.2) is 33.1 Å². The minimum Gasteiger partial charge on any atom is -0.398 e. The van der Waals surface area contributed by atoms with Gasteiger partial charge in [0.15, 0.2) is 6.29 Å². The van der Waals surface area contributed by atoms with Crippen molar-refractivity contribution in [3.8, 4) is 0 Å². The van der Waals surface area contributed by atoms with Crippen LogP contribution in [0.3, 0.4) is 0 Å². The first-order chi connectivity index (χ1) is 7.30. The Morgan fingerprint density at radius 3 is 2.31 bits per heavy atom. The number of benzene rings is 1. The number of aldehydes is 1. The van der Waals surface area contributed by atoms with Crippen molar-refractivity contribution in [2.45, 2.75) is 11.8 Å². The number of anilines is 1. The van der Waals surface area contributed by atoms with Crippen molar-refractivity contribution in [2.24, 2.45) is 0 Å². The molecule has 0 aliphatic heterocycles. The van der Waals surface area contributed by atoms with Gasteiger partial charge in [0.25, 0.3) is 0 Å². The van der Waals surface area contributed by atoms with Crippen molar-refractivity contribution in [3.05, 3.63) is 23.3 Å². The van der Waals surface area contributed by atoms with Gasteiger partial charge < -0.3 is 5.73 Å². The second kappa shape index (κ2) is 4.23. The predicted octanol–water partition coefficient (Wildman–Crippen LogP) is 0.640. The molecule has 1 rings (SSSR count). The molecule has 0 aliphatic rings. The van der Waals surface area contributed by atoms with Gasteiger partial charge in [0.1, 0.15) is 0 Å². The van der Waals surface area contributed by atoms with Crippen LogP contribution in [-0.2, 0) is 10.0 Å². The molecule has 0 saturated carbocycles. The number of sulfonamides is 1. The SMILES string of the molecule is Cc1cc(C=O)c(N)cc1S(=O)(=O)N(C)C. The topological polar surface area (TPSA) is 80.5 Å². The average molecular weight is 242 g/mol. The molecule has 0 saturated heterocycles. The Morgan fingerprint density at radius 2 is 1.88 bits per heavy atom. The summed E-state index contributed by atoms with van der Waals surface area (Å²) in [6.45, 7) is 1.63. The third kappa shape index (κ3) is 2.07. The molecule has 0 radical (unpaired) electrons. The maximum absolute atomic E-state index is 11.9. The number of hydrogen-bond acceptors (Lipinski definition) is 4. The lowest BCUT2D eigenvalue weighted by atomic mass is 10.1. The standard InChI is InChI=1S/C10H14N2O3S/c1-7-4-8(6-13)9(11)5-10(7)16(14,15)12(2)3/h4-6H,11H2,1-3H3. The molecule has 0 unspecified atom stereocenters. The highest BCUT2D eigenvalue weighted by Crippen LogP contribution is 2.23. The largest absolute Gasteiger partial charge is 0.398 e. The molecule has 5 nitrogen and oxygen atoms in total. The average Bonchev–Trinajstić information content (AvgIpc) is 2.20. The van der Waals surface area contributed by atoms with Crippen molar-refractivity contribution in [1.82, 2.24) is 4.31 Å². The quantitative estimate of drug-likeness (QED) is 0.623. The number of carbonyl (C=O) groups excluding carboxylic acids is 1. The Balaban J connectivity index is 3.49. The van der Waals surface area contributed by atoms with Crippen LogP contribution in [0.2, 0.25) is 0 Å². The number of carbonyl (C=O) groups is 1. The first-order valence-corrected chi connectivity index (χ1v) is 6.02. The molecule has 0 fully saturated rings. The molecular weight excluding hydrogens is 228 g/mol. The molecular formula is C10H14N2O3S. The van der Waals surface area contributed by atoms with Crippen LogP contribution in [0.15, 0.2) is 17.0 Å². The molecule has 0 bridgehead atoms. The summed E-state index contributed by atoms with van der Waals surface area (Å²) >= 11 is 0. The van der Waals surface area contributed by atoms with Crippen LogP contribution in [0.25, 0.3) is 0 Å². The highest BCUT2D eigenvalue weighted by Gasteiger charge is 2.20. The van der Waals surface area contributed by atoms with E-state index >= 15 is 0 Å². The Hall–Kier alpha value is -1.40. The summed E-state index contributed by atoms with van der Waals surface area (Å²) < 4.78 is 24.9. The van der Waals surface area contributed by atoms with Gasteiger partial charge in [-0.25, -0.2) is 12.7 Å². The van der Waals surface area contributed by atoms with Crippen LogP contribution in [0.4, 0.5) is 5.69 Å². The Kier molecular flexibility index (Phi) is 3.35. The molecule has 2 N–H and O–H groups in total. The van der Waals surface area contributed by atoms with Gasteiger partial charge in [-0.15, -0.1) is 0 Å². The van der Waals surface area contributed by atoms with Gasteiger partial charge in [-0.05, 0) is 24.6 Å². The smallest absolute Gasteiger partial charge is 0.242 e. The minimum atomic E-state index is -3.52. The molecule has 16 heavy (non-hydrogen) atoms. The second-order valence-electron chi connectivity index (χ2n) is 3.65. The van der Waals surface area contributed by atoms with Gasteiger partial charge in [-0.1, -0.05) is 0 Å². The molecule has 0 spiro atoms. The summed E-state index contributed by atoms with van der Waals surface area (Å²) in [6.07, 6.45) is 0.606. The summed E-state index contributed by atoms with van der Waals surface area (Å²) in [4.78, 5) is 10.8. The number of nitrogens with two attached hydrogens (primary N) is 1. The van der Waals surface area contributed by atoms with Crippen molar-refractivity contribution >= 4 is 22.0 Å². The summed E-state index contributed by atoms with van der Waals surface area (Å²) in [7, 11) is -0.632. The predicted molar refractivity (Wildman–Crippen MR) is 61.9 cm³/mol. The first kappa shape index (κ1) is 12.7. The lowest BCUT2D eigenvalue weighted by Crippen LogP contribution is -2.23. The van der Waals surface area contributed by atoms with E-state index in [-0.39, 0.29) is 10.6 Å². The zero-order valence-electron chi connectivity index (χ0n) is 9.39. The summed E-state index contributed by atoms with van der Waals surface area (Å²) in [5, 5.41) is 0. The summed E-state index contributed by atoms with van der Waals surface area (Å²) in [6, 6.07) is 2.78. The van der Waals surface area contributed by atoms with E-state index in [4.69, 9.17) is 5.73 Å². The van der Waals surface area contributed by atoms with Gasteiger partial charge in [0.2, 0.25) is 10.0 Å². The Morgan fingerprint density at radius 1 is 1.31 bits per heavy atom. The second-order valence-corrected chi connectivity index (χ2v) is 5.77. The van der Waals surface area contributed by atoms with Crippen molar-refractivity contribution in [2.75, 3.05) is 19.8 Å². The number of nitrogens with zero attached hydrogens (tertiary/aromatic N) is 1. The van der Waals surface area contributed by atoms with Crippen LogP contribution in [0.1, 0.15) is 15.9 Å². The Bertz CT molecular complexity index is 521. The fourth-order valence-corrected chi connectivity index (χ4v) is 2.44. The highest BCUT2D eigenvalue weighted by atomic mass is 32.2. The van der Waals surface area contributed by atoms with Crippen molar-refractivity contribution in [3.63, 3.8) is 0 Å². The molecule has 88 valence electrons. The van der Waals surface area contributed by atoms with Crippen molar-refractivity contribution in [1.29, 1.82) is 0 Å². The van der Waals surface area contributed by atoms with E-state index in [1.807, 2.05) is 0 Å². The van der Waals surface area contributed by atoms with Crippen LogP contribution in [0.5, 0.6) is 0 Å². The maximum Gasteiger partial charge on any atom is 0.242 e. The number of aryl methyl sites for hydroxylation is 1. The molecule has 0 aliphatic carbocycles. The fraction of sp³-hybridized carbons (Fsp3) is 0.300. The molecule has 0 heterocycles. The Labute approximate surface area is 94.9 Å². The lowest BCUT2D eigenvalue weighted by Gasteiger charge is -2.14. The van der Waals surface area contributed by atoms with E-state index in [2.05, 4.69) is 0 Å². The van der Waals surface area contributed by atoms with E-state index in [1.54, 1.807) is 6.92 Å². The fourth-order valence-electron chi connectivity index (χ4n) is 1.30. The number of nitrogen functional groups attached to an aromatic ring is 1. The summed E-state index contributed by atoms with van der Waals surface area (Å²) in [5.74, 6) is 0. The van der Waals surface area contributed by atoms with E-state index in [0.717, 1.165) is 4.31 Å². The third-order valence-electron chi connectivity index (χ3n) is 2.27. The molecule has 0 atom stereocenters. The van der Waals surface area contributed by atoms with Gasteiger partial charge in [-0.2, -0.15) is 0 Å². The molecule has 1 aromatic rings. The lowest BCUT2D eigenvalue weighted by molar-refractivity contribution is 0.112. The van der Waals surface area contributed by atoms with E-state index in [1.165, 1.54) is 26.2 Å².